The molecule has 0 amide bonds. The second kappa shape index (κ2) is 3.63. The van der Waals surface area contributed by atoms with Crippen LogP contribution < -0.4 is 0 Å². The minimum absolute atomic E-state index is 0.167. The molecule has 0 nitrogen and oxygen atoms in total. The van der Waals surface area contributed by atoms with Gasteiger partial charge in [0.05, 0.1) is 0 Å². The SMILES string of the molecule is FC(F)=Cc1ccc(Cl)cc1F. The smallest absolute Gasteiger partial charge is 0.206 e. The average molecular weight is 193 g/mol. The Morgan fingerprint density at radius 1 is 1.33 bits per heavy atom. The molecule has 0 aliphatic rings. The summed E-state index contributed by atoms with van der Waals surface area (Å²) in [6.45, 7) is 0. The van der Waals surface area contributed by atoms with Gasteiger partial charge < -0.3 is 0 Å². The normalized spacial score (nSPS) is 9.67. The Morgan fingerprint density at radius 2 is 2.00 bits per heavy atom. The first-order valence-electron chi connectivity index (χ1n) is 3.07. The van der Waals surface area contributed by atoms with Crippen molar-refractivity contribution in [1.29, 1.82) is 0 Å². The maximum atomic E-state index is 12.7. The van der Waals surface area contributed by atoms with Gasteiger partial charge in [0.1, 0.15) is 5.82 Å². The molecule has 0 N–H and O–H groups in total. The maximum absolute atomic E-state index is 12.7. The first-order chi connectivity index (χ1) is 5.59. The third-order valence-corrected chi connectivity index (χ3v) is 1.46. The highest BCUT2D eigenvalue weighted by Gasteiger charge is 2.01. The maximum Gasteiger partial charge on any atom is 0.271 e. The lowest BCUT2D eigenvalue weighted by Crippen LogP contribution is -1.80. The van der Waals surface area contributed by atoms with Crippen molar-refractivity contribution in [3.63, 3.8) is 0 Å². The predicted molar refractivity (Wildman–Crippen MR) is 41.6 cm³/mol. The van der Waals surface area contributed by atoms with Gasteiger partial charge in [-0.15, -0.1) is 0 Å². The van der Waals surface area contributed by atoms with Crippen molar-refractivity contribution in [3.05, 3.63) is 40.7 Å². The fraction of sp³-hybridized carbons (Fsp3) is 0. The molecule has 12 heavy (non-hydrogen) atoms. The van der Waals surface area contributed by atoms with Gasteiger partial charge in [-0.1, -0.05) is 17.7 Å². The van der Waals surface area contributed by atoms with Crippen LogP contribution in [0, 0.1) is 5.82 Å². The Kier molecular flexibility index (Phi) is 2.76. The molecule has 0 aliphatic heterocycles. The average Bonchev–Trinajstić information content (AvgIpc) is 1.94. The van der Waals surface area contributed by atoms with E-state index >= 15 is 0 Å². The van der Waals surface area contributed by atoms with Crippen LogP contribution in [0.15, 0.2) is 24.3 Å². The molecule has 0 heterocycles. The number of hydrogen-bond acceptors (Lipinski definition) is 0. The first-order valence-corrected chi connectivity index (χ1v) is 3.45. The van der Waals surface area contributed by atoms with Gasteiger partial charge in [0.15, 0.2) is 0 Å². The Morgan fingerprint density at radius 3 is 2.50 bits per heavy atom. The fourth-order valence-electron chi connectivity index (χ4n) is 0.736. The minimum atomic E-state index is -1.93. The third kappa shape index (κ3) is 2.27. The molecule has 1 aromatic carbocycles. The van der Waals surface area contributed by atoms with Crippen molar-refractivity contribution in [1.82, 2.24) is 0 Å². The van der Waals surface area contributed by atoms with E-state index < -0.39 is 11.9 Å². The van der Waals surface area contributed by atoms with Crippen LogP contribution in [0.1, 0.15) is 5.56 Å². The molecule has 0 fully saturated rings. The lowest BCUT2D eigenvalue weighted by molar-refractivity contribution is 0.429. The molecular formula is C8H4ClF3. The molecule has 1 rings (SSSR count). The summed E-state index contributed by atoms with van der Waals surface area (Å²) < 4.78 is 36.1. The van der Waals surface area contributed by atoms with Crippen molar-refractivity contribution in [2.75, 3.05) is 0 Å². The molecule has 4 heteroatoms. The summed E-state index contributed by atoms with van der Waals surface area (Å²) in [5.41, 5.74) is -0.167. The molecule has 0 atom stereocenters. The predicted octanol–water partition coefficient (Wildman–Crippen LogP) is 3.72. The first kappa shape index (κ1) is 9.13. The van der Waals surface area contributed by atoms with Crippen LogP contribution in [-0.2, 0) is 0 Å². The monoisotopic (exact) mass is 192 g/mol. The van der Waals surface area contributed by atoms with Crippen LogP contribution in [0.5, 0.6) is 0 Å². The van der Waals surface area contributed by atoms with E-state index in [1.165, 1.54) is 12.1 Å². The van der Waals surface area contributed by atoms with Gasteiger partial charge in [-0.25, -0.2) is 4.39 Å². The zero-order valence-electron chi connectivity index (χ0n) is 5.82. The molecule has 1 aromatic rings. The minimum Gasteiger partial charge on any atom is -0.206 e. The summed E-state index contributed by atoms with van der Waals surface area (Å²) >= 11 is 5.41. The highest BCUT2D eigenvalue weighted by Crippen LogP contribution is 2.17. The third-order valence-electron chi connectivity index (χ3n) is 1.23. The quantitative estimate of drug-likeness (QED) is 0.636. The van der Waals surface area contributed by atoms with Crippen molar-refractivity contribution in [2.24, 2.45) is 0 Å². The van der Waals surface area contributed by atoms with Gasteiger partial charge in [-0.05, 0) is 12.1 Å². The van der Waals surface area contributed by atoms with Crippen molar-refractivity contribution in [3.8, 4) is 0 Å². The Balaban J connectivity index is 3.10. The van der Waals surface area contributed by atoms with Crippen molar-refractivity contribution < 1.29 is 13.2 Å². The van der Waals surface area contributed by atoms with Gasteiger partial charge in [0, 0.05) is 16.7 Å². The fourth-order valence-corrected chi connectivity index (χ4v) is 0.895. The van der Waals surface area contributed by atoms with E-state index in [1.807, 2.05) is 0 Å². The summed E-state index contributed by atoms with van der Waals surface area (Å²) in [4.78, 5) is 0. The molecule has 0 spiro atoms. The van der Waals surface area contributed by atoms with Gasteiger partial charge in [0.2, 0.25) is 0 Å². The standard InChI is InChI=1S/C8H4ClF3/c9-6-2-1-5(3-8(11)12)7(10)4-6/h1-4H. The molecule has 64 valence electrons. The number of hydrogen-bond donors (Lipinski definition) is 0. The Bertz CT molecular complexity index is 316. The number of rotatable bonds is 1. The Hall–Kier alpha value is -0.960. The molecule has 0 aliphatic carbocycles. The van der Waals surface area contributed by atoms with Crippen LogP contribution in [0.25, 0.3) is 6.08 Å². The van der Waals surface area contributed by atoms with Gasteiger partial charge in [0.25, 0.3) is 6.08 Å². The van der Waals surface area contributed by atoms with Crippen LogP contribution in [0.4, 0.5) is 13.2 Å². The number of halogens is 4. The molecule has 0 saturated carbocycles. The van der Waals surface area contributed by atoms with Crippen molar-refractivity contribution >= 4 is 17.7 Å². The summed E-state index contributed by atoms with van der Waals surface area (Å²) in [5, 5.41) is 0.184. The lowest BCUT2D eigenvalue weighted by atomic mass is 10.2. The summed E-state index contributed by atoms with van der Waals surface area (Å²) in [6.07, 6.45) is -1.48. The van der Waals surface area contributed by atoms with Gasteiger partial charge >= 0.3 is 0 Å². The van der Waals surface area contributed by atoms with Crippen LogP contribution in [0.2, 0.25) is 5.02 Å². The highest BCUT2D eigenvalue weighted by molar-refractivity contribution is 6.30. The van der Waals surface area contributed by atoms with E-state index in [2.05, 4.69) is 0 Å². The number of benzene rings is 1. The molecular weight excluding hydrogens is 189 g/mol. The molecule has 0 unspecified atom stereocenters. The zero-order valence-corrected chi connectivity index (χ0v) is 6.58. The molecule has 0 saturated heterocycles. The van der Waals surface area contributed by atoms with E-state index in [0.29, 0.717) is 6.08 Å². The molecule has 0 aromatic heterocycles. The second-order valence-corrected chi connectivity index (χ2v) is 2.54. The van der Waals surface area contributed by atoms with E-state index in [9.17, 15) is 13.2 Å². The molecule has 0 bridgehead atoms. The van der Waals surface area contributed by atoms with E-state index in [1.54, 1.807) is 0 Å². The van der Waals surface area contributed by atoms with E-state index in [4.69, 9.17) is 11.6 Å². The Labute approximate surface area is 72.3 Å². The summed E-state index contributed by atoms with van der Waals surface area (Å²) in [6, 6.07) is 3.52. The van der Waals surface area contributed by atoms with Crippen LogP contribution >= 0.6 is 11.6 Å². The zero-order chi connectivity index (χ0) is 9.14. The van der Waals surface area contributed by atoms with Crippen molar-refractivity contribution in [2.45, 2.75) is 0 Å². The topological polar surface area (TPSA) is 0 Å². The van der Waals surface area contributed by atoms with E-state index in [-0.39, 0.29) is 10.6 Å². The van der Waals surface area contributed by atoms with Crippen LogP contribution in [-0.4, -0.2) is 0 Å². The largest absolute Gasteiger partial charge is 0.271 e. The van der Waals surface area contributed by atoms with Gasteiger partial charge in [-0.3, -0.25) is 0 Å². The molecule has 0 radical (unpaired) electrons. The van der Waals surface area contributed by atoms with Crippen LogP contribution in [0.3, 0.4) is 0 Å². The summed E-state index contributed by atoms with van der Waals surface area (Å²) in [7, 11) is 0. The second-order valence-electron chi connectivity index (χ2n) is 2.10. The van der Waals surface area contributed by atoms with E-state index in [0.717, 1.165) is 6.07 Å². The summed E-state index contributed by atoms with van der Waals surface area (Å²) in [5.74, 6) is -0.754. The lowest BCUT2D eigenvalue weighted by Gasteiger charge is -1.95. The van der Waals surface area contributed by atoms with Gasteiger partial charge in [-0.2, -0.15) is 8.78 Å². The highest BCUT2D eigenvalue weighted by atomic mass is 35.5.